The number of thioether (sulfide) groups is 1. The van der Waals surface area contributed by atoms with E-state index in [0.29, 0.717) is 22.4 Å². The average molecular weight is 399 g/mol. The van der Waals surface area contributed by atoms with E-state index in [-0.39, 0.29) is 10.9 Å². The summed E-state index contributed by atoms with van der Waals surface area (Å²) in [5.41, 5.74) is 2.76. The highest BCUT2D eigenvalue weighted by Crippen LogP contribution is 2.28. The van der Waals surface area contributed by atoms with Crippen LogP contribution in [-0.2, 0) is 4.79 Å². The third-order valence-electron chi connectivity index (χ3n) is 3.79. The fourth-order valence-corrected chi connectivity index (χ4v) is 3.22. The smallest absolute Gasteiger partial charge is 0.277 e. The van der Waals surface area contributed by atoms with Gasteiger partial charge in [-0.2, -0.15) is 5.26 Å². The molecule has 0 aliphatic carbocycles. The van der Waals surface area contributed by atoms with Gasteiger partial charge in [0, 0.05) is 11.3 Å². The summed E-state index contributed by atoms with van der Waals surface area (Å²) >= 11 is 7.15. The minimum atomic E-state index is -0.468. The van der Waals surface area contributed by atoms with Crippen molar-refractivity contribution in [2.75, 3.05) is 5.32 Å². The number of hydrogen-bond acceptors (Lipinski definition) is 6. The summed E-state index contributed by atoms with van der Waals surface area (Å²) in [6.45, 7) is 3.70. The van der Waals surface area contributed by atoms with Gasteiger partial charge in [-0.1, -0.05) is 41.6 Å². The Balaban J connectivity index is 1.66. The fourth-order valence-electron chi connectivity index (χ4n) is 2.31. The molecule has 6 nitrogen and oxygen atoms in total. The Hall–Kier alpha value is -2.82. The van der Waals surface area contributed by atoms with Crippen LogP contribution in [0.4, 0.5) is 5.69 Å². The van der Waals surface area contributed by atoms with Gasteiger partial charge in [0.25, 0.3) is 5.22 Å². The van der Waals surface area contributed by atoms with Crippen molar-refractivity contribution < 1.29 is 9.21 Å². The number of anilines is 1. The van der Waals surface area contributed by atoms with Crippen molar-refractivity contribution in [1.29, 1.82) is 5.26 Å². The Morgan fingerprint density at radius 1 is 1.30 bits per heavy atom. The summed E-state index contributed by atoms with van der Waals surface area (Å²) < 4.78 is 5.67. The number of nitrogens with zero attached hydrogens (tertiary/aromatic N) is 3. The second kappa shape index (κ2) is 8.25. The number of halogens is 1. The zero-order valence-electron chi connectivity index (χ0n) is 14.6. The topological polar surface area (TPSA) is 91.8 Å². The largest absolute Gasteiger partial charge is 0.411 e. The number of carbonyl (C=O) groups excluding carboxylic acids is 1. The zero-order chi connectivity index (χ0) is 19.4. The van der Waals surface area contributed by atoms with Crippen LogP contribution in [-0.4, -0.2) is 21.4 Å². The highest BCUT2D eigenvalue weighted by atomic mass is 35.5. The van der Waals surface area contributed by atoms with Crippen LogP contribution in [0.25, 0.3) is 11.5 Å². The molecule has 2 aromatic carbocycles. The van der Waals surface area contributed by atoms with Gasteiger partial charge in [0.2, 0.25) is 11.8 Å². The summed E-state index contributed by atoms with van der Waals surface area (Å²) in [6.07, 6.45) is 0. The van der Waals surface area contributed by atoms with Crippen molar-refractivity contribution in [2.45, 2.75) is 24.3 Å². The first-order valence-corrected chi connectivity index (χ1v) is 9.30. The summed E-state index contributed by atoms with van der Waals surface area (Å²) in [5, 5.41) is 19.9. The van der Waals surface area contributed by atoms with Crippen LogP contribution in [0.15, 0.2) is 52.1 Å². The molecule has 3 rings (SSSR count). The highest BCUT2D eigenvalue weighted by molar-refractivity contribution is 8.00. The van der Waals surface area contributed by atoms with Crippen molar-refractivity contribution >= 4 is 35.0 Å². The number of nitriles is 1. The van der Waals surface area contributed by atoms with Gasteiger partial charge in [-0.15, -0.1) is 10.2 Å². The van der Waals surface area contributed by atoms with Crippen LogP contribution in [0.3, 0.4) is 0 Å². The molecular weight excluding hydrogens is 384 g/mol. The molecular formula is C19H15ClN4O2S. The zero-order valence-corrected chi connectivity index (χ0v) is 16.1. The van der Waals surface area contributed by atoms with Gasteiger partial charge in [0.1, 0.15) is 6.07 Å². The number of nitrogens with one attached hydrogen (secondary N) is 1. The molecule has 1 N–H and O–H groups in total. The van der Waals surface area contributed by atoms with Crippen molar-refractivity contribution in [3.8, 4) is 17.5 Å². The van der Waals surface area contributed by atoms with Crippen LogP contribution in [0.2, 0.25) is 5.02 Å². The molecule has 1 amide bonds. The average Bonchev–Trinajstić information content (AvgIpc) is 3.10. The Kier molecular flexibility index (Phi) is 5.79. The Labute approximate surface area is 165 Å². The lowest BCUT2D eigenvalue weighted by Crippen LogP contribution is -2.22. The molecule has 27 heavy (non-hydrogen) atoms. The third kappa shape index (κ3) is 4.48. The molecule has 3 aromatic rings. The van der Waals surface area contributed by atoms with Crippen LogP contribution in [0.1, 0.15) is 18.1 Å². The lowest BCUT2D eigenvalue weighted by Gasteiger charge is -2.10. The van der Waals surface area contributed by atoms with E-state index in [0.717, 1.165) is 11.1 Å². The molecule has 8 heteroatoms. The van der Waals surface area contributed by atoms with Crippen LogP contribution in [0.5, 0.6) is 0 Å². The predicted octanol–water partition coefficient (Wildman–Crippen LogP) is 4.69. The van der Waals surface area contributed by atoms with E-state index in [4.69, 9.17) is 21.3 Å². The van der Waals surface area contributed by atoms with E-state index in [1.807, 2.05) is 37.3 Å². The van der Waals surface area contributed by atoms with Crippen molar-refractivity contribution in [3.05, 3.63) is 58.6 Å². The van der Waals surface area contributed by atoms with E-state index >= 15 is 0 Å². The fraction of sp³-hybridized carbons (Fsp3) is 0.158. The van der Waals surface area contributed by atoms with Crippen molar-refractivity contribution in [3.63, 3.8) is 0 Å². The molecule has 0 aliphatic heterocycles. The number of aromatic nitrogens is 2. The number of benzene rings is 2. The predicted molar refractivity (Wildman–Crippen MR) is 105 cm³/mol. The maximum Gasteiger partial charge on any atom is 0.277 e. The standard InChI is InChI=1S/C19H15ClN4O2S/c1-11-5-3-4-6-15(11)18-23-24-19(26-18)27-12(2)17(25)22-14-8-7-13(10-21)16(20)9-14/h3-9,12H,1-2H3,(H,22,25). The number of rotatable bonds is 5. The summed E-state index contributed by atoms with van der Waals surface area (Å²) in [5.74, 6) is 0.179. The number of carbonyl (C=O) groups is 1. The molecule has 0 spiro atoms. The summed E-state index contributed by atoms with van der Waals surface area (Å²) in [4.78, 5) is 12.4. The Bertz CT molecular complexity index is 1030. The maximum absolute atomic E-state index is 12.4. The van der Waals surface area contributed by atoms with Crippen LogP contribution >= 0.6 is 23.4 Å². The summed E-state index contributed by atoms with van der Waals surface area (Å²) in [7, 11) is 0. The minimum Gasteiger partial charge on any atom is -0.411 e. The lowest BCUT2D eigenvalue weighted by molar-refractivity contribution is -0.115. The van der Waals surface area contributed by atoms with E-state index in [1.54, 1.807) is 25.1 Å². The molecule has 0 fully saturated rings. The normalized spacial score (nSPS) is 11.6. The maximum atomic E-state index is 12.4. The number of amides is 1. The van der Waals surface area contributed by atoms with E-state index in [2.05, 4.69) is 15.5 Å². The van der Waals surface area contributed by atoms with E-state index in [9.17, 15) is 4.79 Å². The molecule has 0 radical (unpaired) electrons. The Morgan fingerprint density at radius 2 is 2.07 bits per heavy atom. The van der Waals surface area contributed by atoms with Crippen molar-refractivity contribution in [2.24, 2.45) is 0 Å². The summed E-state index contributed by atoms with van der Waals surface area (Å²) in [6, 6.07) is 14.4. The number of hydrogen-bond donors (Lipinski definition) is 1. The molecule has 1 aromatic heterocycles. The van der Waals surface area contributed by atoms with Gasteiger partial charge in [0.05, 0.1) is 15.8 Å². The van der Waals surface area contributed by atoms with Gasteiger partial charge in [0.15, 0.2) is 0 Å². The van der Waals surface area contributed by atoms with Gasteiger partial charge >= 0.3 is 0 Å². The first kappa shape index (κ1) is 19.0. The van der Waals surface area contributed by atoms with Crippen LogP contribution < -0.4 is 5.32 Å². The molecule has 0 saturated heterocycles. The van der Waals surface area contributed by atoms with Gasteiger partial charge in [-0.25, -0.2) is 0 Å². The van der Waals surface area contributed by atoms with Gasteiger partial charge in [-0.3, -0.25) is 4.79 Å². The first-order valence-electron chi connectivity index (χ1n) is 8.04. The molecule has 136 valence electrons. The van der Waals surface area contributed by atoms with Crippen molar-refractivity contribution in [1.82, 2.24) is 10.2 Å². The molecule has 1 heterocycles. The quantitative estimate of drug-likeness (QED) is 0.627. The molecule has 1 unspecified atom stereocenters. The lowest BCUT2D eigenvalue weighted by atomic mass is 10.1. The molecule has 0 bridgehead atoms. The third-order valence-corrected chi connectivity index (χ3v) is 5.03. The van der Waals surface area contributed by atoms with Crippen LogP contribution in [0, 0.1) is 18.3 Å². The van der Waals surface area contributed by atoms with Gasteiger partial charge < -0.3 is 9.73 Å². The highest BCUT2D eigenvalue weighted by Gasteiger charge is 2.19. The monoisotopic (exact) mass is 398 g/mol. The number of aryl methyl sites for hydroxylation is 1. The van der Waals surface area contributed by atoms with E-state index < -0.39 is 5.25 Å². The second-order valence-corrected chi connectivity index (χ2v) is 7.44. The van der Waals surface area contributed by atoms with Gasteiger partial charge in [-0.05, 0) is 43.7 Å². The van der Waals surface area contributed by atoms with E-state index in [1.165, 1.54) is 11.8 Å². The SMILES string of the molecule is Cc1ccccc1-c1nnc(SC(C)C(=O)Nc2ccc(C#N)c(Cl)c2)o1. The molecule has 0 saturated carbocycles. The first-order chi connectivity index (χ1) is 13.0. The second-order valence-electron chi connectivity index (χ2n) is 5.74. The minimum absolute atomic E-state index is 0.239. The molecule has 0 aliphatic rings. The Morgan fingerprint density at radius 3 is 2.78 bits per heavy atom. The molecule has 1 atom stereocenters.